The second kappa shape index (κ2) is 9.53. The summed E-state index contributed by atoms with van der Waals surface area (Å²) in [7, 11) is 1.57. The molecule has 1 fully saturated rings. The molecule has 0 aliphatic carbocycles. The fourth-order valence-electron chi connectivity index (χ4n) is 3.11. The topological polar surface area (TPSA) is 102 Å². The molecule has 2 aromatic rings. The number of imide groups is 1. The molecule has 1 aromatic carbocycles. The van der Waals surface area contributed by atoms with Gasteiger partial charge in [0.05, 0.1) is 13.7 Å². The van der Waals surface area contributed by atoms with Gasteiger partial charge in [0, 0.05) is 36.8 Å². The summed E-state index contributed by atoms with van der Waals surface area (Å²) in [5.74, 6) is -0.775. The fourth-order valence-corrected chi connectivity index (χ4v) is 4.09. The van der Waals surface area contributed by atoms with Crippen LogP contribution in [0.1, 0.15) is 36.5 Å². The van der Waals surface area contributed by atoms with Crippen LogP contribution in [-0.2, 0) is 19.1 Å². The Kier molecular flexibility index (Phi) is 6.83. The second-order valence-corrected chi connectivity index (χ2v) is 7.42. The Morgan fingerprint density at radius 2 is 1.80 bits per heavy atom. The number of nitrogens with one attached hydrogen (secondary N) is 1. The average Bonchev–Trinajstić information content (AvgIpc) is 3.29. The van der Waals surface area contributed by atoms with E-state index in [1.165, 1.54) is 11.3 Å². The molecule has 8 nitrogen and oxygen atoms in total. The highest BCUT2D eigenvalue weighted by Gasteiger charge is 2.29. The molecular weight excluding hydrogens is 408 g/mol. The van der Waals surface area contributed by atoms with E-state index in [-0.39, 0.29) is 49.8 Å². The predicted molar refractivity (Wildman–Crippen MR) is 111 cm³/mol. The van der Waals surface area contributed by atoms with Gasteiger partial charge >= 0.3 is 5.97 Å². The summed E-state index contributed by atoms with van der Waals surface area (Å²) in [5.41, 5.74) is 1.69. The molecule has 1 aromatic heterocycles. The maximum absolute atomic E-state index is 12.6. The number of ether oxygens (including phenoxy) is 2. The number of benzene rings is 1. The summed E-state index contributed by atoms with van der Waals surface area (Å²) in [6.07, 6.45) is 0.322. The van der Waals surface area contributed by atoms with Gasteiger partial charge < -0.3 is 14.8 Å². The van der Waals surface area contributed by atoms with E-state index in [1.807, 2.05) is 12.1 Å². The number of thiophene rings is 1. The van der Waals surface area contributed by atoms with Crippen molar-refractivity contribution < 1.29 is 28.7 Å². The molecule has 1 N–H and O–H groups in total. The Balaban J connectivity index is 1.78. The van der Waals surface area contributed by atoms with Gasteiger partial charge in [-0.1, -0.05) is 12.1 Å². The number of hydrogen-bond acceptors (Lipinski definition) is 7. The first-order valence-electron chi connectivity index (χ1n) is 9.50. The minimum absolute atomic E-state index is 0.0228. The lowest BCUT2D eigenvalue weighted by atomic mass is 10.0. The Hall–Kier alpha value is -3.20. The first kappa shape index (κ1) is 21.5. The van der Waals surface area contributed by atoms with Gasteiger partial charge in [0.2, 0.25) is 17.7 Å². The van der Waals surface area contributed by atoms with Crippen molar-refractivity contribution in [2.45, 2.75) is 26.2 Å². The number of carbonyl (C=O) groups excluding carboxylic acids is 4. The molecule has 2 heterocycles. The first-order valence-corrected chi connectivity index (χ1v) is 10.4. The maximum atomic E-state index is 12.6. The van der Waals surface area contributed by atoms with Gasteiger partial charge in [0.25, 0.3) is 0 Å². The summed E-state index contributed by atoms with van der Waals surface area (Å²) in [6, 6.07) is 7.20. The molecule has 158 valence electrons. The van der Waals surface area contributed by atoms with E-state index >= 15 is 0 Å². The van der Waals surface area contributed by atoms with E-state index in [1.54, 1.807) is 31.5 Å². The quantitative estimate of drug-likeness (QED) is 0.510. The zero-order chi connectivity index (χ0) is 21.7. The van der Waals surface area contributed by atoms with Crippen LogP contribution in [0.15, 0.2) is 29.6 Å². The molecule has 0 unspecified atom stereocenters. The number of methoxy groups -OCH3 is 1. The van der Waals surface area contributed by atoms with Gasteiger partial charge in [0.15, 0.2) is 0 Å². The number of amides is 3. The molecule has 0 radical (unpaired) electrons. The Morgan fingerprint density at radius 1 is 1.13 bits per heavy atom. The zero-order valence-corrected chi connectivity index (χ0v) is 17.5. The van der Waals surface area contributed by atoms with Gasteiger partial charge in [-0.15, -0.1) is 11.3 Å². The molecule has 0 bridgehead atoms. The van der Waals surface area contributed by atoms with Crippen LogP contribution in [0.3, 0.4) is 0 Å². The number of carbonyl (C=O) groups is 4. The van der Waals surface area contributed by atoms with E-state index in [0.29, 0.717) is 16.3 Å². The number of likely N-dealkylation sites (tertiary alicyclic amines) is 1. The summed E-state index contributed by atoms with van der Waals surface area (Å²) < 4.78 is 10.3. The molecule has 0 saturated carbocycles. The highest BCUT2D eigenvalue weighted by molar-refractivity contribution is 7.15. The largest absolute Gasteiger partial charge is 0.497 e. The molecule has 0 spiro atoms. The Morgan fingerprint density at radius 3 is 2.40 bits per heavy atom. The van der Waals surface area contributed by atoms with Crippen LogP contribution < -0.4 is 10.1 Å². The molecule has 1 aliphatic heterocycles. The molecule has 1 aliphatic rings. The van der Waals surface area contributed by atoms with Gasteiger partial charge in [-0.05, 0) is 24.6 Å². The second-order valence-electron chi connectivity index (χ2n) is 6.54. The summed E-state index contributed by atoms with van der Waals surface area (Å²) >= 11 is 1.21. The normalized spacial score (nSPS) is 13.5. The van der Waals surface area contributed by atoms with E-state index in [2.05, 4.69) is 5.32 Å². The molecule has 3 rings (SSSR count). The van der Waals surface area contributed by atoms with Crippen molar-refractivity contribution in [1.29, 1.82) is 0 Å². The van der Waals surface area contributed by atoms with Crippen molar-refractivity contribution in [1.82, 2.24) is 4.90 Å². The Labute approximate surface area is 177 Å². The average molecular weight is 430 g/mol. The van der Waals surface area contributed by atoms with Crippen molar-refractivity contribution in [3.8, 4) is 16.9 Å². The SMILES string of the molecule is CCOC(=O)c1c(-c2ccc(OC)cc2)csc1NC(=O)CCN1C(=O)CCC1=O. The van der Waals surface area contributed by atoms with E-state index in [9.17, 15) is 19.2 Å². The summed E-state index contributed by atoms with van der Waals surface area (Å²) in [6.45, 7) is 1.93. The monoisotopic (exact) mass is 430 g/mol. The van der Waals surface area contributed by atoms with Gasteiger partial charge in [-0.3, -0.25) is 19.3 Å². The van der Waals surface area contributed by atoms with Crippen molar-refractivity contribution in [2.75, 3.05) is 25.6 Å². The highest BCUT2D eigenvalue weighted by atomic mass is 32.1. The minimum atomic E-state index is -0.537. The summed E-state index contributed by atoms with van der Waals surface area (Å²) in [5, 5.41) is 4.86. The third-order valence-corrected chi connectivity index (χ3v) is 5.54. The van der Waals surface area contributed by atoms with Crippen molar-refractivity contribution in [2.24, 2.45) is 0 Å². The van der Waals surface area contributed by atoms with E-state index < -0.39 is 11.9 Å². The zero-order valence-electron chi connectivity index (χ0n) is 16.7. The van der Waals surface area contributed by atoms with E-state index in [4.69, 9.17) is 9.47 Å². The lowest BCUT2D eigenvalue weighted by molar-refractivity contribution is -0.138. The minimum Gasteiger partial charge on any atom is -0.497 e. The molecular formula is C21H22N2O6S. The van der Waals surface area contributed by atoms with Crippen LogP contribution in [0.25, 0.3) is 11.1 Å². The number of rotatable bonds is 8. The van der Waals surface area contributed by atoms with Gasteiger partial charge in [-0.25, -0.2) is 4.79 Å². The fraction of sp³-hybridized carbons (Fsp3) is 0.333. The number of nitrogens with zero attached hydrogens (tertiary/aromatic N) is 1. The smallest absolute Gasteiger partial charge is 0.341 e. The van der Waals surface area contributed by atoms with Crippen LogP contribution in [0.5, 0.6) is 5.75 Å². The molecule has 30 heavy (non-hydrogen) atoms. The molecule has 0 atom stereocenters. The van der Waals surface area contributed by atoms with Crippen LogP contribution in [0, 0.1) is 0 Å². The van der Waals surface area contributed by atoms with Crippen LogP contribution >= 0.6 is 11.3 Å². The molecule has 3 amide bonds. The third kappa shape index (κ3) is 4.68. The van der Waals surface area contributed by atoms with Crippen molar-refractivity contribution >= 4 is 40.0 Å². The standard InChI is InChI=1S/C21H22N2O6S/c1-3-29-21(27)19-15(13-4-6-14(28-2)7-5-13)12-30-20(19)22-16(24)10-11-23-17(25)8-9-18(23)26/h4-7,12H,3,8-11H2,1-2H3,(H,22,24). The predicted octanol–water partition coefficient (Wildman–Crippen LogP) is 3.08. The van der Waals surface area contributed by atoms with Crippen molar-refractivity contribution in [3.05, 3.63) is 35.2 Å². The maximum Gasteiger partial charge on any atom is 0.341 e. The first-order chi connectivity index (χ1) is 14.4. The van der Waals surface area contributed by atoms with Gasteiger partial charge in [-0.2, -0.15) is 0 Å². The third-order valence-electron chi connectivity index (χ3n) is 4.64. The lowest BCUT2D eigenvalue weighted by Gasteiger charge is -2.13. The number of hydrogen-bond donors (Lipinski definition) is 1. The number of esters is 1. The van der Waals surface area contributed by atoms with Gasteiger partial charge in [0.1, 0.15) is 16.3 Å². The van der Waals surface area contributed by atoms with Crippen LogP contribution in [0.4, 0.5) is 5.00 Å². The summed E-state index contributed by atoms with van der Waals surface area (Å²) in [4.78, 5) is 49.5. The molecule has 1 saturated heterocycles. The Bertz CT molecular complexity index is 950. The number of anilines is 1. The highest BCUT2D eigenvalue weighted by Crippen LogP contribution is 2.37. The van der Waals surface area contributed by atoms with E-state index in [0.717, 1.165) is 10.5 Å². The molecule has 9 heteroatoms. The lowest BCUT2D eigenvalue weighted by Crippen LogP contribution is -2.32. The van der Waals surface area contributed by atoms with Crippen molar-refractivity contribution in [3.63, 3.8) is 0 Å². The van der Waals surface area contributed by atoms with Crippen LogP contribution in [0.2, 0.25) is 0 Å². The van der Waals surface area contributed by atoms with Crippen LogP contribution in [-0.4, -0.2) is 48.9 Å².